The Bertz CT molecular complexity index is 416. The number of nitrogens with one attached hydrogen (secondary N) is 1. The molecular weight excluding hydrogens is 240 g/mol. The minimum Gasteiger partial charge on any atom is -0.399 e. The van der Waals surface area contributed by atoms with Crippen LogP contribution in [0.15, 0.2) is 24.3 Å². The Morgan fingerprint density at radius 1 is 1.37 bits per heavy atom. The first-order valence-electron chi connectivity index (χ1n) is 6.65. The number of nitrogen functional groups attached to an aromatic ring is 1. The van der Waals surface area contributed by atoms with E-state index in [1.807, 2.05) is 38.1 Å². The Balaban J connectivity index is 2.35. The summed E-state index contributed by atoms with van der Waals surface area (Å²) >= 11 is 0. The molecule has 0 aliphatic carbocycles. The fraction of sp³-hybridized carbons (Fsp3) is 0.533. The average molecular weight is 264 g/mol. The SMILES string of the molecule is CC(C)(CCO)CNC(=O)CCc1ccccc1N. The van der Waals surface area contributed by atoms with Crippen molar-refractivity contribution >= 4 is 11.6 Å². The van der Waals surface area contributed by atoms with Crippen molar-refractivity contribution in [3.63, 3.8) is 0 Å². The molecular formula is C15H24N2O2. The van der Waals surface area contributed by atoms with Gasteiger partial charge in [-0.15, -0.1) is 0 Å². The molecule has 4 N–H and O–H groups in total. The third kappa shape index (κ3) is 5.75. The molecule has 0 unspecified atom stereocenters. The van der Waals surface area contributed by atoms with Gasteiger partial charge in [0.25, 0.3) is 0 Å². The summed E-state index contributed by atoms with van der Waals surface area (Å²) in [6, 6.07) is 7.60. The van der Waals surface area contributed by atoms with Crippen LogP contribution in [-0.2, 0) is 11.2 Å². The molecule has 1 amide bonds. The van der Waals surface area contributed by atoms with E-state index in [2.05, 4.69) is 5.32 Å². The monoisotopic (exact) mass is 264 g/mol. The molecule has 0 radical (unpaired) electrons. The molecule has 0 heterocycles. The third-order valence-corrected chi connectivity index (χ3v) is 3.23. The predicted octanol–water partition coefficient (Wildman–Crippen LogP) is 1.73. The highest BCUT2D eigenvalue weighted by Crippen LogP contribution is 2.18. The van der Waals surface area contributed by atoms with E-state index >= 15 is 0 Å². The molecule has 106 valence electrons. The smallest absolute Gasteiger partial charge is 0.220 e. The maximum Gasteiger partial charge on any atom is 0.220 e. The summed E-state index contributed by atoms with van der Waals surface area (Å²) in [6.07, 6.45) is 1.77. The van der Waals surface area contributed by atoms with Crippen molar-refractivity contribution in [2.24, 2.45) is 5.41 Å². The van der Waals surface area contributed by atoms with E-state index < -0.39 is 0 Å². The van der Waals surface area contributed by atoms with Crippen molar-refractivity contribution in [2.75, 3.05) is 18.9 Å². The normalized spacial score (nSPS) is 11.3. The van der Waals surface area contributed by atoms with Crippen LogP contribution in [-0.4, -0.2) is 24.2 Å². The Labute approximate surface area is 115 Å². The summed E-state index contributed by atoms with van der Waals surface area (Å²) in [6.45, 7) is 4.78. The quantitative estimate of drug-likeness (QED) is 0.656. The standard InChI is InChI=1S/C15H24N2O2/c1-15(2,9-10-18)11-17-14(19)8-7-12-5-3-4-6-13(12)16/h3-6,18H,7-11,16H2,1-2H3,(H,17,19). The number of rotatable bonds is 7. The summed E-state index contributed by atoms with van der Waals surface area (Å²) in [5.41, 5.74) is 7.50. The molecule has 4 heteroatoms. The van der Waals surface area contributed by atoms with Crippen molar-refractivity contribution in [3.8, 4) is 0 Å². The van der Waals surface area contributed by atoms with Crippen LogP contribution in [0.5, 0.6) is 0 Å². The number of benzene rings is 1. The maximum absolute atomic E-state index is 11.8. The highest BCUT2D eigenvalue weighted by Gasteiger charge is 2.17. The fourth-order valence-corrected chi connectivity index (χ4v) is 1.83. The van der Waals surface area contributed by atoms with Crippen molar-refractivity contribution in [3.05, 3.63) is 29.8 Å². The van der Waals surface area contributed by atoms with Crippen molar-refractivity contribution in [1.82, 2.24) is 5.32 Å². The average Bonchev–Trinajstić information content (AvgIpc) is 2.35. The third-order valence-electron chi connectivity index (χ3n) is 3.23. The van der Waals surface area contributed by atoms with Gasteiger partial charge in [0.2, 0.25) is 5.91 Å². The maximum atomic E-state index is 11.8. The lowest BCUT2D eigenvalue weighted by Crippen LogP contribution is -2.34. The van der Waals surface area contributed by atoms with Crippen LogP contribution in [0.25, 0.3) is 0 Å². The number of para-hydroxylation sites is 1. The molecule has 0 aliphatic rings. The number of hydrogen-bond acceptors (Lipinski definition) is 3. The van der Waals surface area contributed by atoms with Gasteiger partial charge in [0.1, 0.15) is 0 Å². The van der Waals surface area contributed by atoms with Crippen molar-refractivity contribution < 1.29 is 9.90 Å². The van der Waals surface area contributed by atoms with Crippen LogP contribution in [0.3, 0.4) is 0 Å². The molecule has 1 aromatic rings. The lowest BCUT2D eigenvalue weighted by Gasteiger charge is -2.23. The topological polar surface area (TPSA) is 75.3 Å². The van der Waals surface area contributed by atoms with Gasteiger partial charge in [0.05, 0.1) is 0 Å². The van der Waals surface area contributed by atoms with Crippen LogP contribution in [0, 0.1) is 5.41 Å². The molecule has 0 bridgehead atoms. The zero-order valence-electron chi connectivity index (χ0n) is 11.8. The number of aryl methyl sites for hydroxylation is 1. The predicted molar refractivity (Wildman–Crippen MR) is 77.7 cm³/mol. The first-order chi connectivity index (χ1) is 8.94. The number of nitrogens with two attached hydrogens (primary N) is 1. The van der Waals surface area contributed by atoms with Gasteiger partial charge < -0.3 is 16.2 Å². The largest absolute Gasteiger partial charge is 0.399 e. The molecule has 0 saturated heterocycles. The van der Waals surface area contributed by atoms with Crippen LogP contribution < -0.4 is 11.1 Å². The molecule has 0 spiro atoms. The highest BCUT2D eigenvalue weighted by atomic mass is 16.3. The number of hydrogen-bond donors (Lipinski definition) is 3. The number of aliphatic hydroxyl groups excluding tert-OH is 1. The van der Waals surface area contributed by atoms with E-state index in [1.54, 1.807) is 0 Å². The lowest BCUT2D eigenvalue weighted by atomic mass is 9.90. The van der Waals surface area contributed by atoms with E-state index in [1.165, 1.54) is 0 Å². The molecule has 0 fully saturated rings. The molecule has 4 nitrogen and oxygen atoms in total. The van der Waals surface area contributed by atoms with Gasteiger partial charge in [0.15, 0.2) is 0 Å². The Morgan fingerprint density at radius 2 is 2.05 bits per heavy atom. The molecule has 1 aromatic carbocycles. The van der Waals surface area contributed by atoms with Gasteiger partial charge in [0, 0.05) is 25.3 Å². The molecule has 1 rings (SSSR count). The van der Waals surface area contributed by atoms with Gasteiger partial charge in [-0.2, -0.15) is 0 Å². The van der Waals surface area contributed by atoms with Crippen molar-refractivity contribution in [2.45, 2.75) is 33.1 Å². The van der Waals surface area contributed by atoms with E-state index in [4.69, 9.17) is 10.8 Å². The number of carbonyl (C=O) groups is 1. The van der Waals surface area contributed by atoms with Crippen LogP contribution in [0.2, 0.25) is 0 Å². The Morgan fingerprint density at radius 3 is 2.68 bits per heavy atom. The van der Waals surface area contributed by atoms with Crippen molar-refractivity contribution in [1.29, 1.82) is 0 Å². The van der Waals surface area contributed by atoms with Crippen LogP contribution in [0.4, 0.5) is 5.69 Å². The zero-order chi connectivity index (χ0) is 14.3. The second-order valence-corrected chi connectivity index (χ2v) is 5.61. The fourth-order valence-electron chi connectivity index (χ4n) is 1.83. The summed E-state index contributed by atoms with van der Waals surface area (Å²) in [4.78, 5) is 11.8. The van der Waals surface area contributed by atoms with Gasteiger partial charge in [-0.05, 0) is 29.9 Å². The van der Waals surface area contributed by atoms with E-state index in [0.717, 1.165) is 11.3 Å². The number of anilines is 1. The van der Waals surface area contributed by atoms with E-state index in [0.29, 0.717) is 25.8 Å². The number of amides is 1. The molecule has 0 atom stereocenters. The molecule has 0 saturated carbocycles. The number of aliphatic hydroxyl groups is 1. The number of carbonyl (C=O) groups excluding carboxylic acids is 1. The van der Waals surface area contributed by atoms with Crippen LogP contribution >= 0.6 is 0 Å². The first kappa shape index (κ1) is 15.5. The van der Waals surface area contributed by atoms with Gasteiger partial charge in [-0.3, -0.25) is 4.79 Å². The second-order valence-electron chi connectivity index (χ2n) is 5.61. The highest BCUT2D eigenvalue weighted by molar-refractivity contribution is 5.76. The summed E-state index contributed by atoms with van der Waals surface area (Å²) in [7, 11) is 0. The Hall–Kier alpha value is -1.55. The van der Waals surface area contributed by atoms with Gasteiger partial charge in [-0.25, -0.2) is 0 Å². The minimum atomic E-state index is -0.0732. The van der Waals surface area contributed by atoms with Gasteiger partial charge in [-0.1, -0.05) is 32.0 Å². The minimum absolute atomic E-state index is 0.0225. The van der Waals surface area contributed by atoms with Gasteiger partial charge >= 0.3 is 0 Å². The van der Waals surface area contributed by atoms with E-state index in [-0.39, 0.29) is 17.9 Å². The second kappa shape index (κ2) is 7.14. The molecule has 19 heavy (non-hydrogen) atoms. The lowest BCUT2D eigenvalue weighted by molar-refractivity contribution is -0.121. The van der Waals surface area contributed by atoms with Crippen LogP contribution in [0.1, 0.15) is 32.3 Å². The first-order valence-corrected chi connectivity index (χ1v) is 6.65. The summed E-state index contributed by atoms with van der Waals surface area (Å²) < 4.78 is 0. The zero-order valence-corrected chi connectivity index (χ0v) is 11.8. The molecule has 0 aliphatic heterocycles. The van der Waals surface area contributed by atoms with E-state index in [9.17, 15) is 4.79 Å². The molecule has 0 aromatic heterocycles. The summed E-state index contributed by atoms with van der Waals surface area (Å²) in [5.74, 6) is 0.0225. The Kier molecular flexibility index (Phi) is 5.83. The summed E-state index contributed by atoms with van der Waals surface area (Å²) in [5, 5.41) is 11.8.